The second kappa shape index (κ2) is 11.3. The number of nitrogens with zero attached hydrogens (tertiary/aromatic N) is 2. The molecule has 0 saturated heterocycles. The summed E-state index contributed by atoms with van der Waals surface area (Å²) in [6, 6.07) is 8.35. The second-order valence-electron chi connectivity index (χ2n) is 6.47. The van der Waals surface area contributed by atoms with Crippen molar-refractivity contribution in [3.63, 3.8) is 0 Å². The monoisotopic (exact) mass is 418 g/mol. The van der Waals surface area contributed by atoms with E-state index in [2.05, 4.69) is 62.4 Å². The molecule has 1 heterocycles. The molecular formula is C23H23ClFeN2+2. The largest absolute Gasteiger partial charge is 2.00 e. The first kappa shape index (κ1) is 22.5. The van der Waals surface area contributed by atoms with Crippen LogP contribution in [0.3, 0.4) is 0 Å². The summed E-state index contributed by atoms with van der Waals surface area (Å²) in [5, 5.41) is 2.91. The van der Waals surface area contributed by atoms with E-state index < -0.39 is 0 Å². The summed E-state index contributed by atoms with van der Waals surface area (Å²) < 4.78 is 2.22. The standard InChI is InChI=1S/C18H18ClN2.C5H5.Fe/c1-13(2)20-17-9-10-21(12-14-5-3-4-6-14)18-11-15(19)7-8-16(17)18;1-2-4-5-3-1;/h3-11,13H,12H2,1-2H3;1-5H;/q;;+2. The van der Waals surface area contributed by atoms with E-state index in [1.165, 1.54) is 5.92 Å². The zero-order chi connectivity index (χ0) is 18.4. The molecule has 2 aliphatic carbocycles. The Hall–Kier alpha value is -0.761. The van der Waals surface area contributed by atoms with Crippen LogP contribution in [-0.2, 0) is 23.6 Å². The fourth-order valence-corrected chi connectivity index (χ4v) is 3.02. The van der Waals surface area contributed by atoms with Crippen molar-refractivity contribution in [3.8, 4) is 0 Å². The smallest absolute Gasteiger partial charge is 0.347 e. The zero-order valence-corrected chi connectivity index (χ0v) is 17.4. The van der Waals surface area contributed by atoms with E-state index in [9.17, 15) is 0 Å². The van der Waals surface area contributed by atoms with Crippen molar-refractivity contribution in [2.45, 2.75) is 26.4 Å². The van der Waals surface area contributed by atoms with Crippen LogP contribution in [0.1, 0.15) is 13.8 Å². The van der Waals surface area contributed by atoms with E-state index in [1.54, 1.807) is 0 Å². The van der Waals surface area contributed by atoms with Crippen molar-refractivity contribution in [2.75, 3.05) is 0 Å². The third-order valence-electron chi connectivity index (χ3n) is 3.99. The zero-order valence-electron chi connectivity index (χ0n) is 15.5. The van der Waals surface area contributed by atoms with Crippen LogP contribution >= 0.6 is 11.6 Å². The molecule has 1 aromatic heterocycles. The second-order valence-corrected chi connectivity index (χ2v) is 6.91. The van der Waals surface area contributed by atoms with E-state index in [-0.39, 0.29) is 23.1 Å². The number of rotatable bonds is 3. The molecule has 4 rings (SSSR count). The van der Waals surface area contributed by atoms with Gasteiger partial charge in [0.2, 0.25) is 0 Å². The van der Waals surface area contributed by atoms with Crippen molar-refractivity contribution in [3.05, 3.63) is 105 Å². The Labute approximate surface area is 179 Å². The molecule has 2 aromatic rings. The van der Waals surface area contributed by atoms with Gasteiger partial charge < -0.3 is 4.57 Å². The van der Waals surface area contributed by atoms with Crippen LogP contribution in [0.5, 0.6) is 0 Å². The molecule has 4 heteroatoms. The van der Waals surface area contributed by atoms with Gasteiger partial charge in [-0.1, -0.05) is 11.6 Å². The Morgan fingerprint density at radius 1 is 0.926 bits per heavy atom. The van der Waals surface area contributed by atoms with Gasteiger partial charge in [0, 0.05) is 35.1 Å². The summed E-state index contributed by atoms with van der Waals surface area (Å²) in [6.45, 7) is 5.02. The normalized spacial score (nSPS) is 17.9. The molecule has 10 radical (unpaired) electrons. The van der Waals surface area contributed by atoms with Gasteiger partial charge in [0.15, 0.2) is 0 Å². The molecule has 0 N–H and O–H groups in total. The molecule has 0 spiro atoms. The van der Waals surface area contributed by atoms with Gasteiger partial charge >= 0.3 is 17.1 Å². The molecule has 1 aromatic carbocycles. The Morgan fingerprint density at radius 3 is 2.15 bits per heavy atom. The van der Waals surface area contributed by atoms with Gasteiger partial charge in [0.25, 0.3) is 0 Å². The fourth-order valence-electron chi connectivity index (χ4n) is 2.86. The summed E-state index contributed by atoms with van der Waals surface area (Å²) in [7, 11) is 0. The van der Waals surface area contributed by atoms with Crippen molar-refractivity contribution in [2.24, 2.45) is 4.99 Å². The molecule has 2 saturated carbocycles. The molecule has 138 valence electrons. The Kier molecular flexibility index (Phi) is 9.42. The number of pyridine rings is 1. The van der Waals surface area contributed by atoms with Gasteiger partial charge in [0.1, 0.15) is 0 Å². The Morgan fingerprint density at radius 2 is 1.56 bits per heavy atom. The molecule has 0 aliphatic heterocycles. The quantitative estimate of drug-likeness (QED) is 0.622. The summed E-state index contributed by atoms with van der Waals surface area (Å²) in [5.74, 6) is 1.29. The van der Waals surface area contributed by atoms with Crippen LogP contribution in [0.25, 0.3) is 10.9 Å². The van der Waals surface area contributed by atoms with Crippen molar-refractivity contribution < 1.29 is 17.1 Å². The molecule has 2 fully saturated rings. The number of hydrogen-bond donors (Lipinski definition) is 0. The summed E-state index contributed by atoms with van der Waals surface area (Å²) >= 11 is 6.19. The molecular weight excluding hydrogens is 396 g/mol. The van der Waals surface area contributed by atoms with E-state index in [1.807, 2.05) is 44.2 Å². The molecule has 0 bridgehead atoms. The SMILES string of the molecule is CC(C)N=c1ccn(C[C]2[CH][CH][CH][CH]2)c2cc(Cl)ccc12.[CH]1[CH][CH][CH][CH]1.[Fe+2]. The van der Waals surface area contributed by atoms with Crippen LogP contribution in [0.4, 0.5) is 0 Å². The first-order valence-corrected chi connectivity index (χ1v) is 9.21. The maximum absolute atomic E-state index is 6.19. The first-order chi connectivity index (χ1) is 12.6. The molecule has 2 aliphatic rings. The van der Waals surface area contributed by atoms with Gasteiger partial charge in [-0.3, -0.25) is 4.99 Å². The molecule has 0 amide bonds. The van der Waals surface area contributed by atoms with Crippen LogP contribution < -0.4 is 5.36 Å². The van der Waals surface area contributed by atoms with Crippen LogP contribution in [0, 0.1) is 63.7 Å². The maximum atomic E-state index is 6.19. The number of halogens is 1. The summed E-state index contributed by atoms with van der Waals surface area (Å²) in [5.41, 5.74) is 1.12. The fraction of sp³-hybridized carbons (Fsp3) is 0.174. The number of fused-ring (bicyclic) bond motifs is 1. The number of benzene rings is 1. The predicted molar refractivity (Wildman–Crippen MR) is 110 cm³/mol. The third kappa shape index (κ3) is 6.66. The maximum Gasteiger partial charge on any atom is 2.00 e. The molecule has 27 heavy (non-hydrogen) atoms. The van der Waals surface area contributed by atoms with E-state index in [4.69, 9.17) is 16.6 Å². The average molecular weight is 419 g/mol. The van der Waals surface area contributed by atoms with Crippen LogP contribution in [0.2, 0.25) is 5.02 Å². The van der Waals surface area contributed by atoms with Crippen molar-refractivity contribution in [1.29, 1.82) is 0 Å². The first-order valence-electron chi connectivity index (χ1n) is 8.83. The minimum atomic E-state index is 0. The van der Waals surface area contributed by atoms with Gasteiger partial charge in [-0.15, -0.1) is 0 Å². The summed E-state index contributed by atoms with van der Waals surface area (Å²) in [4.78, 5) is 4.70. The van der Waals surface area contributed by atoms with Crippen LogP contribution in [0.15, 0.2) is 35.5 Å². The third-order valence-corrected chi connectivity index (χ3v) is 4.23. The van der Waals surface area contributed by atoms with Gasteiger partial charge in [-0.05, 0) is 95.9 Å². The van der Waals surface area contributed by atoms with E-state index in [0.717, 1.165) is 27.8 Å². The molecule has 0 atom stereocenters. The summed E-state index contributed by atoms with van der Waals surface area (Å²) in [6.07, 6.45) is 20.5. The van der Waals surface area contributed by atoms with Crippen LogP contribution in [-0.4, -0.2) is 10.6 Å². The van der Waals surface area contributed by atoms with E-state index >= 15 is 0 Å². The Bertz CT molecular complexity index is 764. The minimum Gasteiger partial charge on any atom is -0.347 e. The van der Waals surface area contributed by atoms with Gasteiger partial charge in [-0.2, -0.15) is 0 Å². The number of aromatic nitrogens is 1. The number of hydrogen-bond acceptors (Lipinski definition) is 1. The average Bonchev–Trinajstić information content (AvgIpc) is 3.32. The van der Waals surface area contributed by atoms with Crippen molar-refractivity contribution >= 4 is 22.5 Å². The Balaban J connectivity index is 0.000000379. The van der Waals surface area contributed by atoms with E-state index in [0.29, 0.717) is 0 Å². The minimum absolute atomic E-state index is 0. The molecule has 2 nitrogen and oxygen atoms in total. The predicted octanol–water partition coefficient (Wildman–Crippen LogP) is 5.03. The molecule has 0 unspecified atom stereocenters. The van der Waals surface area contributed by atoms with Gasteiger partial charge in [0.05, 0.1) is 10.9 Å². The van der Waals surface area contributed by atoms with Gasteiger partial charge in [-0.25, -0.2) is 0 Å². The van der Waals surface area contributed by atoms with Crippen molar-refractivity contribution in [1.82, 2.24) is 4.57 Å². The topological polar surface area (TPSA) is 17.3 Å².